The Morgan fingerprint density at radius 3 is 2.33 bits per heavy atom. The average Bonchev–Trinajstić information content (AvgIpc) is 3.14. The summed E-state index contributed by atoms with van der Waals surface area (Å²) < 4.78 is 78.1. The molecule has 2 heterocycles. The summed E-state index contributed by atoms with van der Waals surface area (Å²) in [5, 5.41) is 0. The van der Waals surface area contributed by atoms with Crippen LogP contribution in [-0.4, -0.2) is 15.6 Å². The van der Waals surface area contributed by atoms with Gasteiger partial charge in [-0.1, -0.05) is 19.9 Å². The summed E-state index contributed by atoms with van der Waals surface area (Å²) in [6.07, 6.45) is -8.63. The second-order valence-corrected chi connectivity index (χ2v) is 6.63. The predicted octanol–water partition coefficient (Wildman–Crippen LogP) is 5.22. The first-order valence-electron chi connectivity index (χ1n) is 7.62. The van der Waals surface area contributed by atoms with E-state index in [4.69, 9.17) is 0 Å². The van der Waals surface area contributed by atoms with E-state index in [0.29, 0.717) is 11.8 Å². The third kappa shape index (κ3) is 3.23. The molecule has 0 spiro atoms. The van der Waals surface area contributed by atoms with Gasteiger partial charge in [0.05, 0.1) is 5.52 Å². The third-order valence-corrected chi connectivity index (χ3v) is 4.48. The summed E-state index contributed by atoms with van der Waals surface area (Å²) in [5.41, 5.74) is -0.854. The molecule has 2 aromatic rings. The number of fused-ring (bicyclic) bond motifs is 1. The molecule has 1 aliphatic rings. The monoisotopic (exact) mass is 350 g/mol. The largest absolute Gasteiger partial charge is 0.435 e. The summed E-state index contributed by atoms with van der Waals surface area (Å²) in [4.78, 5) is 3.24. The van der Waals surface area contributed by atoms with Crippen molar-refractivity contribution < 1.29 is 26.3 Å². The van der Waals surface area contributed by atoms with Crippen LogP contribution in [-0.2, 0) is 12.6 Å². The van der Waals surface area contributed by atoms with Crippen molar-refractivity contribution in [2.45, 2.75) is 45.0 Å². The highest BCUT2D eigenvalue weighted by Crippen LogP contribution is 2.51. The highest BCUT2D eigenvalue weighted by molar-refractivity contribution is 5.56. The van der Waals surface area contributed by atoms with Gasteiger partial charge in [-0.15, -0.1) is 0 Å². The summed E-state index contributed by atoms with van der Waals surface area (Å²) >= 11 is 0. The Bertz CT molecular complexity index is 756. The van der Waals surface area contributed by atoms with Gasteiger partial charge in [0.1, 0.15) is 12.2 Å². The molecule has 1 saturated carbocycles. The van der Waals surface area contributed by atoms with Crippen molar-refractivity contribution in [3.8, 4) is 0 Å². The number of imidazole rings is 1. The number of rotatable bonds is 3. The molecule has 1 aliphatic carbocycles. The minimum atomic E-state index is -4.79. The van der Waals surface area contributed by atoms with Crippen LogP contribution in [0.1, 0.15) is 43.3 Å². The first kappa shape index (κ1) is 17.1. The lowest BCUT2D eigenvalue weighted by atomic mass is 10.0. The van der Waals surface area contributed by atoms with Crippen LogP contribution in [0.5, 0.6) is 0 Å². The fraction of sp³-hybridized carbons (Fsp3) is 0.562. The molecule has 1 fully saturated rings. The molecule has 0 saturated heterocycles. The van der Waals surface area contributed by atoms with E-state index in [2.05, 4.69) is 18.8 Å². The van der Waals surface area contributed by atoms with Crippen molar-refractivity contribution in [1.29, 1.82) is 0 Å². The van der Waals surface area contributed by atoms with Crippen molar-refractivity contribution in [1.82, 2.24) is 9.38 Å². The Kier molecular flexibility index (Phi) is 3.84. The van der Waals surface area contributed by atoms with Crippen LogP contribution < -0.4 is 0 Å². The summed E-state index contributed by atoms with van der Waals surface area (Å²) in [6, 6.07) is 2.79. The molecule has 2 aromatic heterocycles. The fourth-order valence-electron chi connectivity index (χ4n) is 3.23. The molecule has 0 radical (unpaired) electrons. The van der Waals surface area contributed by atoms with Crippen molar-refractivity contribution >= 4 is 5.52 Å². The standard InChI is InChI=1S/C16H16F6N2/c1-8(2)10-5-11(10)9-3-4-12-14(16(20,21)22)23-13(24(12)7-9)6-15(17,18)19/h3-4,7-8,10-11H,5-6H2,1-2H3/t10-,11-/m1/s1. The molecule has 0 aliphatic heterocycles. The minimum absolute atomic E-state index is 0.185. The zero-order valence-electron chi connectivity index (χ0n) is 13.0. The average molecular weight is 350 g/mol. The molecular weight excluding hydrogens is 334 g/mol. The van der Waals surface area contributed by atoms with Crippen LogP contribution in [0, 0.1) is 11.8 Å². The number of halogens is 6. The second kappa shape index (κ2) is 5.39. The van der Waals surface area contributed by atoms with Crippen LogP contribution in [0.4, 0.5) is 26.3 Å². The maximum atomic E-state index is 13.0. The molecule has 0 aromatic carbocycles. The third-order valence-electron chi connectivity index (χ3n) is 4.48. The van der Waals surface area contributed by atoms with E-state index in [1.54, 1.807) is 6.07 Å². The highest BCUT2D eigenvalue weighted by Gasteiger charge is 2.42. The van der Waals surface area contributed by atoms with Crippen LogP contribution in [0.25, 0.3) is 5.52 Å². The van der Waals surface area contributed by atoms with E-state index in [9.17, 15) is 26.3 Å². The van der Waals surface area contributed by atoms with Crippen molar-refractivity contribution in [2.75, 3.05) is 0 Å². The van der Waals surface area contributed by atoms with E-state index in [1.807, 2.05) is 0 Å². The van der Waals surface area contributed by atoms with E-state index < -0.39 is 30.3 Å². The molecule has 0 bridgehead atoms. The van der Waals surface area contributed by atoms with Gasteiger partial charge in [-0.05, 0) is 35.8 Å². The molecule has 2 atom stereocenters. The number of pyridine rings is 1. The topological polar surface area (TPSA) is 17.3 Å². The highest BCUT2D eigenvalue weighted by atomic mass is 19.4. The maximum Gasteiger partial charge on any atom is 0.435 e. The minimum Gasteiger partial charge on any atom is -0.303 e. The van der Waals surface area contributed by atoms with Crippen molar-refractivity contribution in [2.24, 2.45) is 11.8 Å². The quantitative estimate of drug-likeness (QED) is 0.694. The Balaban J connectivity index is 2.08. The Labute approximate surface area is 134 Å². The smallest absolute Gasteiger partial charge is 0.303 e. The van der Waals surface area contributed by atoms with Gasteiger partial charge in [0, 0.05) is 6.20 Å². The fourth-order valence-corrected chi connectivity index (χ4v) is 3.23. The summed E-state index contributed by atoms with van der Waals surface area (Å²) in [5.74, 6) is 0.395. The van der Waals surface area contributed by atoms with Gasteiger partial charge in [-0.2, -0.15) is 26.3 Å². The molecule has 0 unspecified atom stereocenters. The van der Waals surface area contributed by atoms with E-state index in [0.717, 1.165) is 16.4 Å². The predicted molar refractivity (Wildman–Crippen MR) is 75.6 cm³/mol. The molecule has 3 rings (SSSR count). The van der Waals surface area contributed by atoms with Gasteiger partial charge in [0.15, 0.2) is 5.69 Å². The zero-order valence-corrected chi connectivity index (χ0v) is 13.0. The van der Waals surface area contributed by atoms with Gasteiger partial charge < -0.3 is 4.40 Å². The molecule has 0 amide bonds. The molecular formula is C16H16F6N2. The van der Waals surface area contributed by atoms with Crippen LogP contribution in [0.2, 0.25) is 0 Å². The first-order valence-corrected chi connectivity index (χ1v) is 7.62. The Morgan fingerprint density at radius 1 is 1.17 bits per heavy atom. The number of alkyl halides is 6. The van der Waals surface area contributed by atoms with Gasteiger partial charge in [-0.3, -0.25) is 0 Å². The number of aromatic nitrogens is 2. The Morgan fingerprint density at radius 2 is 1.83 bits per heavy atom. The lowest BCUT2D eigenvalue weighted by Gasteiger charge is -2.08. The Hall–Kier alpha value is -1.73. The molecule has 0 N–H and O–H groups in total. The van der Waals surface area contributed by atoms with Gasteiger partial charge in [-0.25, -0.2) is 4.98 Å². The lowest BCUT2D eigenvalue weighted by molar-refractivity contribution is -0.141. The van der Waals surface area contributed by atoms with E-state index in [-0.39, 0.29) is 11.4 Å². The zero-order chi connectivity index (χ0) is 17.9. The van der Waals surface area contributed by atoms with Gasteiger partial charge >= 0.3 is 12.4 Å². The number of nitrogens with zero attached hydrogens (tertiary/aromatic N) is 2. The lowest BCUT2D eigenvalue weighted by Crippen LogP contribution is -2.14. The van der Waals surface area contributed by atoms with Crippen molar-refractivity contribution in [3.63, 3.8) is 0 Å². The molecule has 24 heavy (non-hydrogen) atoms. The number of hydrogen-bond acceptors (Lipinski definition) is 1. The first-order chi connectivity index (χ1) is 11.0. The maximum absolute atomic E-state index is 13.0. The number of hydrogen-bond donors (Lipinski definition) is 0. The van der Waals surface area contributed by atoms with Crippen molar-refractivity contribution in [3.05, 3.63) is 35.4 Å². The summed E-state index contributed by atoms with van der Waals surface area (Å²) in [7, 11) is 0. The molecule has 132 valence electrons. The van der Waals surface area contributed by atoms with Crippen LogP contribution in [0.3, 0.4) is 0 Å². The second-order valence-electron chi connectivity index (χ2n) is 6.63. The molecule has 8 heteroatoms. The van der Waals surface area contributed by atoms with Crippen LogP contribution in [0.15, 0.2) is 18.3 Å². The summed E-state index contributed by atoms with van der Waals surface area (Å²) in [6.45, 7) is 4.11. The SMILES string of the molecule is CC(C)[C@H]1C[C@@H]1c1ccc2c(C(F)(F)F)nc(CC(F)(F)F)n2c1. The van der Waals surface area contributed by atoms with Crippen LogP contribution >= 0.6 is 0 Å². The van der Waals surface area contributed by atoms with E-state index >= 15 is 0 Å². The normalized spacial score (nSPS) is 21.7. The molecule has 2 nitrogen and oxygen atoms in total. The van der Waals surface area contributed by atoms with E-state index in [1.165, 1.54) is 12.3 Å². The van der Waals surface area contributed by atoms with Gasteiger partial charge in [0.2, 0.25) is 0 Å². The van der Waals surface area contributed by atoms with Gasteiger partial charge in [0.25, 0.3) is 0 Å².